The van der Waals surface area contributed by atoms with E-state index in [-0.39, 0.29) is 5.69 Å². The second-order valence-electron chi connectivity index (χ2n) is 4.54. The summed E-state index contributed by atoms with van der Waals surface area (Å²) in [6.07, 6.45) is 1.99. The Bertz CT molecular complexity index is 591. The van der Waals surface area contributed by atoms with E-state index in [9.17, 15) is 4.79 Å². The average molecular weight is 273 g/mol. The number of esters is 1. The Morgan fingerprint density at radius 2 is 2.05 bits per heavy atom. The monoisotopic (exact) mass is 273 g/mol. The summed E-state index contributed by atoms with van der Waals surface area (Å²) in [4.78, 5) is 11.9. The van der Waals surface area contributed by atoms with Gasteiger partial charge in [0.25, 0.3) is 0 Å². The maximum absolute atomic E-state index is 11.9. The van der Waals surface area contributed by atoms with Gasteiger partial charge in [0.2, 0.25) is 0 Å². The summed E-state index contributed by atoms with van der Waals surface area (Å²) < 4.78 is 6.48. The number of rotatable bonds is 5. The molecule has 0 spiro atoms. The quantitative estimate of drug-likeness (QED) is 0.850. The number of benzene rings is 1. The number of nitrogens with zero attached hydrogens (tertiary/aromatic N) is 2. The van der Waals surface area contributed by atoms with Crippen LogP contribution in [0.4, 0.5) is 5.82 Å². The van der Waals surface area contributed by atoms with Gasteiger partial charge in [-0.15, -0.1) is 0 Å². The lowest BCUT2D eigenvalue weighted by molar-refractivity contribution is 0.0594. The molecule has 5 nitrogen and oxygen atoms in total. The number of carbonyl (C=O) groups is 1. The maximum Gasteiger partial charge on any atom is 0.359 e. The molecular formula is C15H19N3O2. The van der Waals surface area contributed by atoms with Crippen LogP contribution in [0.1, 0.15) is 30.3 Å². The topological polar surface area (TPSA) is 70.1 Å². The van der Waals surface area contributed by atoms with Crippen molar-refractivity contribution in [2.75, 3.05) is 12.8 Å². The van der Waals surface area contributed by atoms with E-state index in [2.05, 4.69) is 12.0 Å². The molecule has 0 amide bonds. The first kappa shape index (κ1) is 14.1. The van der Waals surface area contributed by atoms with E-state index in [0.717, 1.165) is 18.4 Å². The van der Waals surface area contributed by atoms with Crippen molar-refractivity contribution < 1.29 is 9.53 Å². The van der Waals surface area contributed by atoms with Gasteiger partial charge >= 0.3 is 5.97 Å². The van der Waals surface area contributed by atoms with E-state index < -0.39 is 5.97 Å². The highest BCUT2D eigenvalue weighted by atomic mass is 16.5. The molecule has 2 N–H and O–H groups in total. The van der Waals surface area contributed by atoms with Crippen molar-refractivity contribution in [3.8, 4) is 11.1 Å². The number of hydrogen-bond acceptors (Lipinski definition) is 4. The molecule has 0 saturated carbocycles. The van der Waals surface area contributed by atoms with Gasteiger partial charge < -0.3 is 10.5 Å². The van der Waals surface area contributed by atoms with Crippen molar-refractivity contribution in [2.24, 2.45) is 0 Å². The molecule has 106 valence electrons. The van der Waals surface area contributed by atoms with Crippen LogP contribution in [0.15, 0.2) is 30.3 Å². The third-order valence-corrected chi connectivity index (χ3v) is 3.16. The summed E-state index contributed by atoms with van der Waals surface area (Å²) >= 11 is 0. The number of aryl methyl sites for hydroxylation is 1. The Morgan fingerprint density at radius 1 is 1.35 bits per heavy atom. The predicted octanol–water partition coefficient (Wildman–Crippen LogP) is 2.72. The van der Waals surface area contributed by atoms with Crippen molar-refractivity contribution in [2.45, 2.75) is 26.3 Å². The molecule has 0 bridgehead atoms. The lowest BCUT2D eigenvalue weighted by Crippen LogP contribution is -2.06. The highest BCUT2D eigenvalue weighted by Gasteiger charge is 2.22. The number of methoxy groups -OCH3 is 1. The van der Waals surface area contributed by atoms with E-state index in [1.54, 1.807) is 4.68 Å². The van der Waals surface area contributed by atoms with Gasteiger partial charge in [0.1, 0.15) is 5.82 Å². The van der Waals surface area contributed by atoms with Gasteiger partial charge in [0.15, 0.2) is 5.69 Å². The minimum absolute atomic E-state index is 0.271. The SMILES string of the molecule is CCCCn1nc(C(=O)OC)c(-c2ccccc2)c1N. The molecule has 0 saturated heterocycles. The zero-order valence-corrected chi connectivity index (χ0v) is 11.8. The van der Waals surface area contributed by atoms with Crippen LogP contribution in [0.25, 0.3) is 11.1 Å². The molecule has 2 rings (SSSR count). The highest BCUT2D eigenvalue weighted by Crippen LogP contribution is 2.30. The van der Waals surface area contributed by atoms with E-state index in [4.69, 9.17) is 10.5 Å². The Hall–Kier alpha value is -2.30. The molecule has 0 fully saturated rings. The van der Waals surface area contributed by atoms with Crippen LogP contribution < -0.4 is 5.73 Å². The lowest BCUT2D eigenvalue weighted by atomic mass is 10.1. The number of aromatic nitrogens is 2. The normalized spacial score (nSPS) is 10.5. The maximum atomic E-state index is 11.9. The molecule has 0 atom stereocenters. The first-order chi connectivity index (χ1) is 9.69. The molecule has 0 aliphatic carbocycles. The molecule has 5 heteroatoms. The van der Waals surface area contributed by atoms with Crippen LogP contribution in [0.3, 0.4) is 0 Å². The summed E-state index contributed by atoms with van der Waals surface area (Å²) in [5.41, 5.74) is 7.95. The standard InChI is InChI=1S/C15H19N3O2/c1-3-4-10-18-14(16)12(11-8-6-5-7-9-11)13(17-18)15(19)20-2/h5-9H,3-4,10,16H2,1-2H3. The number of anilines is 1. The Kier molecular flexibility index (Phi) is 4.40. The van der Waals surface area contributed by atoms with E-state index in [1.807, 2.05) is 30.3 Å². The number of hydrogen-bond donors (Lipinski definition) is 1. The van der Waals surface area contributed by atoms with E-state index in [0.29, 0.717) is 17.9 Å². The van der Waals surface area contributed by atoms with Crippen LogP contribution >= 0.6 is 0 Å². The Labute approximate surface area is 118 Å². The average Bonchev–Trinajstić information content (AvgIpc) is 2.82. The van der Waals surface area contributed by atoms with Crippen LogP contribution in [0, 0.1) is 0 Å². The molecule has 1 aromatic heterocycles. The van der Waals surface area contributed by atoms with Gasteiger partial charge in [-0.05, 0) is 12.0 Å². The predicted molar refractivity (Wildman–Crippen MR) is 78.3 cm³/mol. The number of carbonyl (C=O) groups excluding carboxylic acids is 1. The summed E-state index contributed by atoms with van der Waals surface area (Å²) in [5.74, 6) is 0.0378. The molecule has 1 heterocycles. The number of unbranched alkanes of at least 4 members (excludes halogenated alkanes) is 1. The van der Waals surface area contributed by atoms with Crippen LogP contribution in [0.5, 0.6) is 0 Å². The molecule has 2 aromatic rings. The summed E-state index contributed by atoms with van der Waals surface area (Å²) in [7, 11) is 1.35. The van der Waals surface area contributed by atoms with Gasteiger partial charge in [0.05, 0.1) is 12.7 Å². The summed E-state index contributed by atoms with van der Waals surface area (Å²) in [6, 6.07) is 9.53. The van der Waals surface area contributed by atoms with Crippen LogP contribution in [0.2, 0.25) is 0 Å². The zero-order chi connectivity index (χ0) is 14.5. The van der Waals surface area contributed by atoms with Crippen molar-refractivity contribution in [1.82, 2.24) is 9.78 Å². The summed E-state index contributed by atoms with van der Waals surface area (Å²) in [5, 5.41) is 4.31. The van der Waals surface area contributed by atoms with E-state index >= 15 is 0 Å². The molecule has 20 heavy (non-hydrogen) atoms. The molecule has 1 aromatic carbocycles. The van der Waals surface area contributed by atoms with Crippen LogP contribution in [-0.4, -0.2) is 22.9 Å². The van der Waals surface area contributed by atoms with Gasteiger partial charge in [0, 0.05) is 6.54 Å². The number of nitrogens with two attached hydrogens (primary N) is 1. The number of nitrogen functional groups attached to an aromatic ring is 1. The fraction of sp³-hybridized carbons (Fsp3) is 0.333. The van der Waals surface area contributed by atoms with Crippen molar-refractivity contribution in [3.05, 3.63) is 36.0 Å². The zero-order valence-electron chi connectivity index (χ0n) is 11.8. The van der Waals surface area contributed by atoms with Crippen LogP contribution in [-0.2, 0) is 11.3 Å². The van der Waals surface area contributed by atoms with Crippen molar-refractivity contribution in [1.29, 1.82) is 0 Å². The molecular weight excluding hydrogens is 254 g/mol. The Balaban J connectivity index is 2.52. The van der Waals surface area contributed by atoms with Crippen molar-refractivity contribution in [3.63, 3.8) is 0 Å². The Morgan fingerprint density at radius 3 is 2.65 bits per heavy atom. The third-order valence-electron chi connectivity index (χ3n) is 3.16. The van der Waals surface area contributed by atoms with Gasteiger partial charge in [-0.2, -0.15) is 5.10 Å². The number of ether oxygens (including phenoxy) is 1. The minimum atomic E-state index is -0.467. The molecule has 0 unspecified atom stereocenters. The molecule has 0 radical (unpaired) electrons. The third kappa shape index (κ3) is 2.66. The summed E-state index contributed by atoms with van der Waals surface area (Å²) in [6.45, 7) is 2.79. The first-order valence-electron chi connectivity index (χ1n) is 6.69. The van der Waals surface area contributed by atoms with Crippen molar-refractivity contribution >= 4 is 11.8 Å². The first-order valence-corrected chi connectivity index (χ1v) is 6.69. The van der Waals surface area contributed by atoms with E-state index in [1.165, 1.54) is 7.11 Å². The largest absolute Gasteiger partial charge is 0.464 e. The minimum Gasteiger partial charge on any atom is -0.464 e. The highest BCUT2D eigenvalue weighted by molar-refractivity contribution is 5.98. The fourth-order valence-electron chi connectivity index (χ4n) is 2.08. The second-order valence-corrected chi connectivity index (χ2v) is 4.54. The molecule has 0 aliphatic rings. The van der Waals surface area contributed by atoms with Gasteiger partial charge in [-0.3, -0.25) is 0 Å². The second kappa shape index (κ2) is 6.23. The fourth-order valence-corrected chi connectivity index (χ4v) is 2.08. The lowest BCUT2D eigenvalue weighted by Gasteiger charge is -2.04. The smallest absolute Gasteiger partial charge is 0.359 e. The molecule has 0 aliphatic heterocycles. The van der Waals surface area contributed by atoms with Gasteiger partial charge in [-0.1, -0.05) is 43.7 Å². The van der Waals surface area contributed by atoms with Gasteiger partial charge in [-0.25, -0.2) is 9.48 Å².